The first-order valence-corrected chi connectivity index (χ1v) is 6.17. The van der Waals surface area contributed by atoms with Gasteiger partial charge < -0.3 is 4.74 Å². The van der Waals surface area contributed by atoms with Gasteiger partial charge in [-0.15, -0.1) is 0 Å². The first kappa shape index (κ1) is 15.8. The third kappa shape index (κ3) is 6.41. The number of alkyl halides is 2. The fraction of sp³-hybridized carbons (Fsp3) is 1.00. The Labute approximate surface area is 98.6 Å². The molecule has 0 aliphatic heterocycles. The minimum atomic E-state index is -2.53. The van der Waals surface area contributed by atoms with Crippen LogP contribution in [-0.4, -0.2) is 19.1 Å². The lowest BCUT2D eigenvalue weighted by Crippen LogP contribution is -2.25. The molecule has 0 aromatic rings. The van der Waals surface area contributed by atoms with Crippen molar-refractivity contribution >= 4 is 0 Å². The van der Waals surface area contributed by atoms with E-state index in [2.05, 4.69) is 13.8 Å². The SMILES string of the molecule is CCOCC(C)(C)CCCC(F)(F)C(C)C. The van der Waals surface area contributed by atoms with Crippen molar-refractivity contribution in [3.05, 3.63) is 0 Å². The Bertz CT molecular complexity index is 188. The summed E-state index contributed by atoms with van der Waals surface area (Å²) in [6, 6.07) is 0. The maximum atomic E-state index is 13.3. The summed E-state index contributed by atoms with van der Waals surface area (Å²) in [7, 11) is 0. The van der Waals surface area contributed by atoms with Crippen molar-refractivity contribution in [1.82, 2.24) is 0 Å². The van der Waals surface area contributed by atoms with Crippen LogP contribution in [0.1, 0.15) is 53.9 Å². The van der Waals surface area contributed by atoms with Crippen molar-refractivity contribution in [3.63, 3.8) is 0 Å². The van der Waals surface area contributed by atoms with Crippen molar-refractivity contribution in [2.45, 2.75) is 59.8 Å². The van der Waals surface area contributed by atoms with Crippen LogP contribution in [-0.2, 0) is 4.74 Å². The lowest BCUT2D eigenvalue weighted by molar-refractivity contribution is -0.0568. The topological polar surface area (TPSA) is 9.23 Å². The smallest absolute Gasteiger partial charge is 0.250 e. The van der Waals surface area contributed by atoms with Crippen LogP contribution in [0, 0.1) is 11.3 Å². The molecule has 0 aromatic heterocycles. The standard InChI is InChI=1S/C13H26F2O/c1-6-16-10-12(4,5)8-7-9-13(14,15)11(2)3/h11H,6-10H2,1-5H3. The van der Waals surface area contributed by atoms with Gasteiger partial charge in [0.25, 0.3) is 0 Å². The van der Waals surface area contributed by atoms with E-state index in [1.165, 1.54) is 0 Å². The van der Waals surface area contributed by atoms with Crippen LogP contribution in [0.25, 0.3) is 0 Å². The lowest BCUT2D eigenvalue weighted by Gasteiger charge is -2.26. The molecule has 0 rings (SSSR count). The normalized spacial score (nSPS) is 13.5. The van der Waals surface area contributed by atoms with Gasteiger partial charge in [0.1, 0.15) is 0 Å². The predicted molar refractivity (Wildman–Crippen MR) is 63.9 cm³/mol. The van der Waals surface area contributed by atoms with E-state index < -0.39 is 11.8 Å². The lowest BCUT2D eigenvalue weighted by atomic mass is 9.86. The first-order chi connectivity index (χ1) is 7.21. The molecule has 0 amide bonds. The van der Waals surface area contributed by atoms with Gasteiger partial charge in [-0.2, -0.15) is 0 Å². The zero-order valence-electron chi connectivity index (χ0n) is 11.3. The van der Waals surface area contributed by atoms with E-state index >= 15 is 0 Å². The number of rotatable bonds is 8. The highest BCUT2D eigenvalue weighted by Crippen LogP contribution is 2.32. The second-order valence-electron chi connectivity index (χ2n) is 5.57. The summed E-state index contributed by atoms with van der Waals surface area (Å²) in [5.74, 6) is -3.09. The average Bonchev–Trinajstić information content (AvgIpc) is 2.14. The first-order valence-electron chi connectivity index (χ1n) is 6.17. The van der Waals surface area contributed by atoms with Gasteiger partial charge in [-0.1, -0.05) is 27.7 Å². The fourth-order valence-corrected chi connectivity index (χ4v) is 1.54. The van der Waals surface area contributed by atoms with Crippen LogP contribution in [0.2, 0.25) is 0 Å². The highest BCUT2D eigenvalue weighted by molar-refractivity contribution is 4.74. The van der Waals surface area contributed by atoms with E-state index in [0.717, 1.165) is 6.42 Å². The van der Waals surface area contributed by atoms with Gasteiger partial charge in [-0.25, -0.2) is 8.78 Å². The average molecular weight is 236 g/mol. The maximum Gasteiger partial charge on any atom is 0.250 e. The molecule has 98 valence electrons. The van der Waals surface area contributed by atoms with Gasteiger partial charge in [-0.3, -0.25) is 0 Å². The minimum Gasteiger partial charge on any atom is -0.381 e. The van der Waals surface area contributed by atoms with Gasteiger partial charge in [-0.05, 0) is 25.2 Å². The van der Waals surface area contributed by atoms with Gasteiger partial charge in [0.15, 0.2) is 0 Å². The van der Waals surface area contributed by atoms with Crippen LogP contribution in [0.4, 0.5) is 8.78 Å². The molecule has 0 aromatic carbocycles. The largest absolute Gasteiger partial charge is 0.381 e. The quantitative estimate of drug-likeness (QED) is 0.602. The van der Waals surface area contributed by atoms with Crippen LogP contribution >= 0.6 is 0 Å². The molecule has 0 saturated carbocycles. The van der Waals surface area contributed by atoms with Crippen LogP contribution in [0.5, 0.6) is 0 Å². The zero-order chi connectivity index (χ0) is 12.8. The molecule has 0 saturated heterocycles. The summed E-state index contributed by atoms with van der Waals surface area (Å²) >= 11 is 0. The van der Waals surface area contributed by atoms with Crippen LogP contribution in [0.15, 0.2) is 0 Å². The molecule has 0 aliphatic carbocycles. The van der Waals surface area contributed by atoms with E-state index in [1.54, 1.807) is 13.8 Å². The summed E-state index contributed by atoms with van der Waals surface area (Å²) in [4.78, 5) is 0. The summed E-state index contributed by atoms with van der Waals surface area (Å²) in [5, 5.41) is 0. The molecule has 0 unspecified atom stereocenters. The molecule has 1 nitrogen and oxygen atoms in total. The van der Waals surface area contributed by atoms with E-state index in [0.29, 0.717) is 19.6 Å². The zero-order valence-corrected chi connectivity index (χ0v) is 11.3. The highest BCUT2D eigenvalue weighted by atomic mass is 19.3. The summed E-state index contributed by atoms with van der Waals surface area (Å²) in [6.45, 7) is 10.6. The summed E-state index contributed by atoms with van der Waals surface area (Å²) in [5.41, 5.74) is 0.00305. The molecule has 0 aliphatic rings. The van der Waals surface area contributed by atoms with Crippen LogP contribution in [0.3, 0.4) is 0 Å². The molecule has 0 atom stereocenters. The van der Waals surface area contributed by atoms with Gasteiger partial charge in [0.2, 0.25) is 5.92 Å². The number of hydrogen-bond acceptors (Lipinski definition) is 1. The van der Waals surface area contributed by atoms with E-state index in [9.17, 15) is 8.78 Å². The molecule has 0 heterocycles. The third-order valence-corrected chi connectivity index (χ3v) is 2.91. The molecule has 0 bridgehead atoms. The fourth-order valence-electron chi connectivity index (χ4n) is 1.54. The Morgan fingerprint density at radius 3 is 2.12 bits per heavy atom. The summed E-state index contributed by atoms with van der Waals surface area (Å²) < 4.78 is 32.0. The molecule has 3 heteroatoms. The van der Waals surface area contributed by atoms with Crippen molar-refractivity contribution in [3.8, 4) is 0 Å². The Morgan fingerprint density at radius 2 is 1.69 bits per heavy atom. The van der Waals surface area contributed by atoms with Crippen LogP contribution < -0.4 is 0 Å². The van der Waals surface area contributed by atoms with Crippen molar-refractivity contribution in [2.24, 2.45) is 11.3 Å². The van der Waals surface area contributed by atoms with E-state index in [-0.39, 0.29) is 11.8 Å². The monoisotopic (exact) mass is 236 g/mol. The second-order valence-corrected chi connectivity index (χ2v) is 5.57. The number of halogens is 2. The molecule has 16 heavy (non-hydrogen) atoms. The van der Waals surface area contributed by atoms with Gasteiger partial charge in [0, 0.05) is 18.9 Å². The van der Waals surface area contributed by atoms with Crippen molar-refractivity contribution < 1.29 is 13.5 Å². The third-order valence-electron chi connectivity index (χ3n) is 2.91. The Balaban J connectivity index is 3.88. The van der Waals surface area contributed by atoms with Crippen molar-refractivity contribution in [1.29, 1.82) is 0 Å². The van der Waals surface area contributed by atoms with Gasteiger partial charge >= 0.3 is 0 Å². The minimum absolute atomic E-state index is 0.00305. The molecular formula is C13H26F2O. The Kier molecular flexibility index (Phi) is 6.46. The second kappa shape index (κ2) is 6.53. The molecule has 0 radical (unpaired) electrons. The summed E-state index contributed by atoms with van der Waals surface area (Å²) in [6.07, 6.45) is 1.33. The predicted octanol–water partition coefficient (Wildman–Crippen LogP) is 4.51. The number of ether oxygens (including phenoxy) is 1. The molecule has 0 fully saturated rings. The van der Waals surface area contributed by atoms with Crippen molar-refractivity contribution in [2.75, 3.05) is 13.2 Å². The van der Waals surface area contributed by atoms with E-state index in [1.807, 2.05) is 6.92 Å². The Hall–Kier alpha value is -0.180. The number of hydrogen-bond donors (Lipinski definition) is 0. The Morgan fingerprint density at radius 1 is 1.12 bits per heavy atom. The maximum absolute atomic E-state index is 13.3. The molecule has 0 spiro atoms. The molecule has 0 N–H and O–H groups in total. The van der Waals surface area contributed by atoms with Gasteiger partial charge in [0.05, 0.1) is 6.61 Å². The molecular weight excluding hydrogens is 210 g/mol. The highest BCUT2D eigenvalue weighted by Gasteiger charge is 2.33. The van der Waals surface area contributed by atoms with E-state index in [4.69, 9.17) is 4.74 Å².